The summed E-state index contributed by atoms with van der Waals surface area (Å²) in [7, 11) is 0. The first kappa shape index (κ1) is 17.2. The lowest BCUT2D eigenvalue weighted by molar-refractivity contribution is 0.0945. The van der Waals surface area contributed by atoms with Gasteiger partial charge >= 0.3 is 0 Å². The number of amides is 1. The first-order chi connectivity index (χ1) is 11.2. The summed E-state index contributed by atoms with van der Waals surface area (Å²) in [6.07, 6.45) is 0. The van der Waals surface area contributed by atoms with Crippen LogP contribution in [0.5, 0.6) is 0 Å². The number of thiophene rings is 1. The fraction of sp³-hybridized carbons (Fsp3) is 0.250. The zero-order valence-corrected chi connectivity index (χ0v) is 15.1. The molecule has 0 bridgehead atoms. The molecular formula is C16H16Cl2N4OS. The number of benzene rings is 1. The second-order valence-electron chi connectivity index (χ2n) is 5.50. The van der Waals surface area contributed by atoms with Crippen molar-refractivity contribution in [1.82, 2.24) is 20.4 Å². The van der Waals surface area contributed by atoms with Gasteiger partial charge in [0.15, 0.2) is 5.69 Å². The van der Waals surface area contributed by atoms with E-state index in [9.17, 15) is 4.79 Å². The molecule has 0 atom stereocenters. The van der Waals surface area contributed by atoms with Crippen molar-refractivity contribution in [3.8, 4) is 0 Å². The third-order valence-corrected chi connectivity index (χ3v) is 5.20. The molecule has 3 aromatic rings. The van der Waals surface area contributed by atoms with Crippen LogP contribution in [0.4, 0.5) is 0 Å². The number of nitrogens with zero attached hydrogens (tertiary/aromatic N) is 2. The minimum atomic E-state index is -0.145. The van der Waals surface area contributed by atoms with E-state index < -0.39 is 0 Å². The zero-order valence-electron chi connectivity index (χ0n) is 12.7. The third kappa shape index (κ3) is 3.28. The molecule has 4 rings (SSSR count). The number of hydrogen-bond donors (Lipinski definition) is 2. The molecule has 3 heterocycles. The van der Waals surface area contributed by atoms with Gasteiger partial charge in [-0.2, -0.15) is 5.10 Å². The molecule has 8 heteroatoms. The second-order valence-corrected chi connectivity index (χ2v) is 6.85. The Hall–Kier alpha value is -1.60. The van der Waals surface area contributed by atoms with Crippen molar-refractivity contribution in [3.63, 3.8) is 0 Å². The molecule has 1 aromatic carbocycles. The highest BCUT2D eigenvalue weighted by atomic mass is 35.5. The van der Waals surface area contributed by atoms with Crippen LogP contribution in [-0.4, -0.2) is 22.2 Å². The lowest BCUT2D eigenvalue weighted by atomic mass is 10.2. The van der Waals surface area contributed by atoms with Crippen LogP contribution in [0.1, 0.15) is 21.7 Å². The first-order valence-corrected chi connectivity index (χ1v) is 8.68. The van der Waals surface area contributed by atoms with E-state index in [1.807, 2.05) is 28.9 Å². The van der Waals surface area contributed by atoms with Crippen molar-refractivity contribution < 1.29 is 4.79 Å². The van der Waals surface area contributed by atoms with E-state index >= 15 is 0 Å². The van der Waals surface area contributed by atoms with Gasteiger partial charge in [-0.3, -0.25) is 9.48 Å². The summed E-state index contributed by atoms with van der Waals surface area (Å²) in [6.45, 7) is 2.92. The van der Waals surface area contributed by atoms with Gasteiger partial charge in [-0.05, 0) is 40.6 Å². The maximum atomic E-state index is 12.3. The number of carbonyl (C=O) groups excluding carboxylic acids is 1. The SMILES string of the molecule is Cl.O=C(NCc1csc2ccc(Cl)cc12)c1cc2n(n1)CCNC2. The summed E-state index contributed by atoms with van der Waals surface area (Å²) in [5.41, 5.74) is 2.60. The molecule has 2 N–H and O–H groups in total. The summed E-state index contributed by atoms with van der Waals surface area (Å²) < 4.78 is 3.06. The molecule has 1 aliphatic rings. The molecule has 1 amide bonds. The van der Waals surface area contributed by atoms with Gasteiger partial charge in [0, 0.05) is 29.4 Å². The number of rotatable bonds is 3. The number of halogens is 2. The number of nitrogens with one attached hydrogen (secondary N) is 2. The average molecular weight is 383 g/mol. The Morgan fingerprint density at radius 3 is 3.12 bits per heavy atom. The Balaban J connectivity index is 0.00000169. The fourth-order valence-electron chi connectivity index (χ4n) is 2.76. The Morgan fingerprint density at radius 1 is 1.42 bits per heavy atom. The maximum Gasteiger partial charge on any atom is 0.272 e. The standard InChI is InChI=1S/C16H15ClN4OS.ClH/c17-11-1-2-15-13(5-11)10(9-23-15)7-19-16(22)14-6-12-8-18-3-4-21(12)20-14;/h1-2,5-6,9,18H,3-4,7-8H2,(H,19,22);1H. The van der Waals surface area contributed by atoms with Gasteiger partial charge in [0.05, 0.1) is 12.2 Å². The molecule has 5 nitrogen and oxygen atoms in total. The Bertz CT molecular complexity index is 866. The van der Waals surface area contributed by atoms with E-state index in [1.54, 1.807) is 11.3 Å². The summed E-state index contributed by atoms with van der Waals surface area (Å²) in [5.74, 6) is -0.145. The van der Waals surface area contributed by atoms with Gasteiger partial charge in [0.25, 0.3) is 5.91 Å². The third-order valence-electron chi connectivity index (χ3n) is 3.96. The molecule has 0 saturated heterocycles. The van der Waals surface area contributed by atoms with E-state index in [-0.39, 0.29) is 18.3 Å². The van der Waals surface area contributed by atoms with Crippen molar-refractivity contribution >= 4 is 51.3 Å². The average Bonchev–Trinajstić information content (AvgIpc) is 3.16. The quantitative estimate of drug-likeness (QED) is 0.730. The van der Waals surface area contributed by atoms with Gasteiger partial charge < -0.3 is 10.6 Å². The van der Waals surface area contributed by atoms with Gasteiger partial charge in [-0.25, -0.2) is 0 Å². The molecular weight excluding hydrogens is 367 g/mol. The van der Waals surface area contributed by atoms with Crippen LogP contribution in [0.2, 0.25) is 5.02 Å². The minimum Gasteiger partial charge on any atom is -0.347 e. The van der Waals surface area contributed by atoms with Crippen molar-refractivity contribution in [2.24, 2.45) is 0 Å². The maximum absolute atomic E-state index is 12.3. The van der Waals surface area contributed by atoms with Gasteiger partial charge in [0.1, 0.15) is 0 Å². The summed E-state index contributed by atoms with van der Waals surface area (Å²) in [4.78, 5) is 12.3. The van der Waals surface area contributed by atoms with Crippen LogP contribution < -0.4 is 10.6 Å². The number of aromatic nitrogens is 2. The van der Waals surface area contributed by atoms with E-state index in [0.29, 0.717) is 17.3 Å². The largest absolute Gasteiger partial charge is 0.347 e. The van der Waals surface area contributed by atoms with E-state index in [4.69, 9.17) is 11.6 Å². The van der Waals surface area contributed by atoms with Crippen molar-refractivity contribution in [3.05, 3.63) is 51.6 Å². The monoisotopic (exact) mass is 382 g/mol. The van der Waals surface area contributed by atoms with E-state index in [1.165, 1.54) is 4.70 Å². The molecule has 24 heavy (non-hydrogen) atoms. The molecule has 0 saturated carbocycles. The zero-order chi connectivity index (χ0) is 15.8. The summed E-state index contributed by atoms with van der Waals surface area (Å²) in [6, 6.07) is 7.68. The van der Waals surface area contributed by atoms with Gasteiger partial charge in [0.2, 0.25) is 0 Å². The predicted octanol–water partition coefficient (Wildman–Crippen LogP) is 3.21. The van der Waals surface area contributed by atoms with Crippen LogP contribution in [0.15, 0.2) is 29.6 Å². The van der Waals surface area contributed by atoms with Crippen LogP contribution in [0.3, 0.4) is 0 Å². The summed E-state index contributed by atoms with van der Waals surface area (Å²) in [5, 5.41) is 14.5. The van der Waals surface area contributed by atoms with E-state index in [0.717, 1.165) is 36.3 Å². The highest BCUT2D eigenvalue weighted by molar-refractivity contribution is 7.17. The molecule has 2 aromatic heterocycles. The van der Waals surface area contributed by atoms with E-state index in [2.05, 4.69) is 21.1 Å². The Kier molecular flexibility index (Phi) is 5.10. The Morgan fingerprint density at radius 2 is 2.29 bits per heavy atom. The van der Waals surface area contributed by atoms with Gasteiger partial charge in [-0.1, -0.05) is 11.6 Å². The molecule has 1 aliphatic heterocycles. The molecule has 0 spiro atoms. The highest BCUT2D eigenvalue weighted by Gasteiger charge is 2.16. The second kappa shape index (κ2) is 7.11. The first-order valence-electron chi connectivity index (χ1n) is 7.42. The molecule has 126 valence electrons. The smallest absolute Gasteiger partial charge is 0.272 e. The lowest BCUT2D eigenvalue weighted by Crippen LogP contribution is -2.28. The minimum absolute atomic E-state index is 0. The lowest BCUT2D eigenvalue weighted by Gasteiger charge is -2.13. The van der Waals surface area contributed by atoms with Crippen LogP contribution in [0, 0.1) is 0 Å². The van der Waals surface area contributed by atoms with Crippen LogP contribution in [-0.2, 0) is 19.6 Å². The van der Waals surface area contributed by atoms with Crippen molar-refractivity contribution in [2.45, 2.75) is 19.6 Å². The number of fused-ring (bicyclic) bond motifs is 2. The predicted molar refractivity (Wildman–Crippen MR) is 99.2 cm³/mol. The Labute approximate surface area is 154 Å². The summed E-state index contributed by atoms with van der Waals surface area (Å²) >= 11 is 7.72. The molecule has 0 fully saturated rings. The normalized spacial score (nSPS) is 13.4. The van der Waals surface area contributed by atoms with Gasteiger partial charge in [-0.15, -0.1) is 23.7 Å². The van der Waals surface area contributed by atoms with Crippen molar-refractivity contribution in [1.29, 1.82) is 0 Å². The molecule has 0 unspecified atom stereocenters. The van der Waals surface area contributed by atoms with Crippen molar-refractivity contribution in [2.75, 3.05) is 6.54 Å². The number of hydrogen-bond acceptors (Lipinski definition) is 4. The topological polar surface area (TPSA) is 59.0 Å². The molecule has 0 radical (unpaired) electrons. The van der Waals surface area contributed by atoms with Crippen LogP contribution >= 0.6 is 35.3 Å². The highest BCUT2D eigenvalue weighted by Crippen LogP contribution is 2.28. The molecule has 0 aliphatic carbocycles. The fourth-order valence-corrected chi connectivity index (χ4v) is 3.88. The van der Waals surface area contributed by atoms with Crippen LogP contribution in [0.25, 0.3) is 10.1 Å². The number of carbonyl (C=O) groups is 1.